The fraction of sp³-hybridized carbons (Fsp3) is 1.00. The third-order valence-corrected chi connectivity index (χ3v) is 1.59. The van der Waals surface area contributed by atoms with Crippen LogP contribution in [0.3, 0.4) is 0 Å². The Morgan fingerprint density at radius 2 is 1.90 bits per heavy atom. The first-order valence-electron chi connectivity index (χ1n) is 2.57. The third-order valence-electron chi connectivity index (χ3n) is 0.786. The Bertz CT molecular complexity index is 161. The zero-order chi connectivity index (χ0) is 7.33. The van der Waals surface area contributed by atoms with Crippen molar-refractivity contribution in [3.8, 4) is 0 Å². The average molecular weight is 180 g/mol. The van der Waals surface area contributed by atoms with Gasteiger partial charge in [0.15, 0.2) is 0 Å². The van der Waals surface area contributed by atoms with E-state index in [1.807, 2.05) is 0 Å². The molecule has 0 amide bonds. The molecule has 0 radical (unpaired) electrons. The first-order valence-corrected chi connectivity index (χ1v) is 4.18. The second kappa shape index (κ2) is 6.54. The van der Waals surface area contributed by atoms with Crippen molar-refractivity contribution in [2.45, 2.75) is 12.8 Å². The second-order valence-corrected chi connectivity index (χ2v) is 3.25. The van der Waals surface area contributed by atoms with Gasteiger partial charge < -0.3 is 1.43 Å². The van der Waals surface area contributed by atoms with Gasteiger partial charge in [-0.2, -0.15) is 8.42 Å². The summed E-state index contributed by atoms with van der Waals surface area (Å²) in [6.45, 7) is -0.532. The van der Waals surface area contributed by atoms with Crippen molar-refractivity contribution in [3.63, 3.8) is 0 Å². The van der Waals surface area contributed by atoms with Gasteiger partial charge in [0.25, 0.3) is 10.1 Å². The molecule has 0 aromatic heterocycles. The van der Waals surface area contributed by atoms with Gasteiger partial charge in [-0.1, -0.05) is 0 Å². The van der Waals surface area contributed by atoms with E-state index in [0.29, 0.717) is 0 Å². The minimum Gasteiger partial charge on any atom is -1.00 e. The minimum atomic E-state index is -3.86. The number of rotatable bonds is 4. The molecule has 0 aliphatic heterocycles. The van der Waals surface area contributed by atoms with Crippen LogP contribution in [0.4, 0.5) is 4.39 Å². The molecule has 3 nitrogen and oxygen atoms in total. The summed E-state index contributed by atoms with van der Waals surface area (Å²) in [6.07, 6.45) is 0.384. The van der Waals surface area contributed by atoms with Gasteiger partial charge in [-0.3, -0.25) is 8.94 Å². The summed E-state index contributed by atoms with van der Waals surface area (Å²) in [6, 6.07) is 0. The zero-order valence-corrected chi connectivity index (χ0v) is 8.69. The normalized spacial score (nSPS) is 10.6. The molecule has 0 rings (SSSR count). The molecule has 0 saturated heterocycles. The monoisotopic (exact) mass is 180 g/mol. The maximum Gasteiger partial charge on any atom is 1.00 e. The Kier molecular flexibility index (Phi) is 8.79. The van der Waals surface area contributed by atoms with Crippen LogP contribution in [0.1, 0.15) is 14.3 Å². The summed E-state index contributed by atoms with van der Waals surface area (Å²) in [5, 5.41) is 0. The van der Waals surface area contributed by atoms with E-state index >= 15 is 0 Å². The molecule has 0 bridgehead atoms. The fourth-order valence-corrected chi connectivity index (χ4v) is 0.948. The van der Waals surface area contributed by atoms with Crippen LogP contribution in [-0.4, -0.2) is 25.4 Å². The minimum absolute atomic E-state index is 0. The number of alkyl halides is 1. The molecule has 0 spiro atoms. The summed E-state index contributed by atoms with van der Waals surface area (Å²) in [5.41, 5.74) is 0. The summed E-state index contributed by atoms with van der Waals surface area (Å²) in [4.78, 5) is 0. The quantitative estimate of drug-likeness (QED) is 0.302. The maximum absolute atomic E-state index is 11.3. The Labute approximate surface area is 83.5 Å². The van der Waals surface area contributed by atoms with Crippen LogP contribution in [0, 0.1) is 0 Å². The summed E-state index contributed by atoms with van der Waals surface area (Å²) >= 11 is 0. The number of halogens is 1. The molecule has 1 N–H and O–H groups in total. The van der Waals surface area contributed by atoms with Crippen molar-refractivity contribution in [3.05, 3.63) is 0 Å². The number of hydrogen-bond acceptors (Lipinski definition) is 2. The first-order chi connectivity index (χ1) is 4.06. The third kappa shape index (κ3) is 11.6. The molecule has 6 heteroatoms. The second-order valence-electron chi connectivity index (χ2n) is 1.68. The van der Waals surface area contributed by atoms with Crippen LogP contribution in [0.25, 0.3) is 0 Å². The molecular weight excluding hydrogens is 170 g/mol. The Morgan fingerprint density at radius 3 is 2.20 bits per heavy atom. The van der Waals surface area contributed by atoms with Crippen LogP contribution in [0.5, 0.6) is 0 Å². The molecule has 0 aliphatic carbocycles. The van der Waals surface area contributed by atoms with E-state index in [2.05, 4.69) is 0 Å². The summed E-state index contributed by atoms with van der Waals surface area (Å²) in [5.74, 6) is -0.336. The number of unbranched alkanes of at least 4 members (excludes halogenated alkanes) is 1. The maximum atomic E-state index is 11.3. The molecule has 10 heavy (non-hydrogen) atoms. The molecule has 58 valence electrons. The Balaban J connectivity index is -0.000000320. The summed E-state index contributed by atoms with van der Waals surface area (Å²) in [7, 11) is -3.86. The molecule has 0 saturated carbocycles. The van der Waals surface area contributed by atoms with Crippen molar-refractivity contribution in [2.75, 3.05) is 12.4 Å². The fourth-order valence-electron chi connectivity index (χ4n) is 0.379. The van der Waals surface area contributed by atoms with Crippen molar-refractivity contribution in [2.24, 2.45) is 0 Å². The van der Waals surface area contributed by atoms with Crippen LogP contribution in [-0.2, 0) is 10.1 Å². The average Bonchev–Trinajstić information content (AvgIpc) is 1.63. The van der Waals surface area contributed by atoms with Gasteiger partial charge >= 0.3 is 29.6 Å². The van der Waals surface area contributed by atoms with Gasteiger partial charge in [-0.15, -0.1) is 0 Å². The molecule has 0 atom stereocenters. The smallest absolute Gasteiger partial charge is 1.00 e. The molecule has 0 aliphatic rings. The van der Waals surface area contributed by atoms with E-state index in [1.54, 1.807) is 0 Å². The van der Waals surface area contributed by atoms with Gasteiger partial charge in [0.1, 0.15) is 0 Å². The zero-order valence-electron chi connectivity index (χ0n) is 6.88. The van der Waals surface area contributed by atoms with Crippen molar-refractivity contribution < 1.29 is 48.3 Å². The van der Waals surface area contributed by atoms with E-state index in [0.717, 1.165) is 0 Å². The van der Waals surface area contributed by atoms with Crippen LogP contribution in [0.15, 0.2) is 0 Å². The van der Waals surface area contributed by atoms with Crippen molar-refractivity contribution in [1.29, 1.82) is 0 Å². The van der Waals surface area contributed by atoms with E-state index in [9.17, 15) is 12.8 Å². The molecule has 0 fully saturated rings. The molecular formula is C4H10FNaO3S. The van der Waals surface area contributed by atoms with E-state index in [1.165, 1.54) is 0 Å². The summed E-state index contributed by atoms with van der Waals surface area (Å²) < 4.78 is 39.3. The molecule has 0 aromatic carbocycles. The SMILES string of the molecule is O=S(=O)(O)CCCCF.[H-].[Na+]. The Hall–Kier alpha value is 0.840. The van der Waals surface area contributed by atoms with Crippen LogP contribution >= 0.6 is 0 Å². The molecule has 0 heterocycles. The van der Waals surface area contributed by atoms with Gasteiger partial charge in [-0.25, -0.2) is 0 Å². The molecule has 0 unspecified atom stereocenters. The molecule has 0 aromatic rings. The first kappa shape index (κ1) is 13.4. The van der Waals surface area contributed by atoms with Gasteiger partial charge in [0.05, 0.1) is 12.4 Å². The predicted octanol–water partition coefficient (Wildman–Crippen LogP) is -2.26. The standard InChI is InChI=1S/C4H9FO3S.Na.H/c5-3-1-2-4-9(6,7)8;;/h1-4H2,(H,6,7,8);;/q;+1;-1. The van der Waals surface area contributed by atoms with Crippen molar-refractivity contribution >= 4 is 10.1 Å². The number of hydrogen-bond donors (Lipinski definition) is 1. The van der Waals surface area contributed by atoms with Gasteiger partial charge in [0, 0.05) is 0 Å². The van der Waals surface area contributed by atoms with Crippen molar-refractivity contribution in [1.82, 2.24) is 0 Å². The van der Waals surface area contributed by atoms with E-state index in [-0.39, 0.29) is 49.6 Å². The van der Waals surface area contributed by atoms with Gasteiger partial charge in [-0.05, 0) is 12.8 Å². The van der Waals surface area contributed by atoms with E-state index < -0.39 is 16.8 Å². The topological polar surface area (TPSA) is 54.4 Å². The largest absolute Gasteiger partial charge is 1.00 e. The van der Waals surface area contributed by atoms with Crippen LogP contribution in [0.2, 0.25) is 0 Å². The van der Waals surface area contributed by atoms with Crippen LogP contribution < -0.4 is 29.6 Å². The Morgan fingerprint density at radius 1 is 1.40 bits per heavy atom. The predicted molar refractivity (Wildman–Crippen MR) is 32.7 cm³/mol. The van der Waals surface area contributed by atoms with E-state index in [4.69, 9.17) is 4.55 Å². The van der Waals surface area contributed by atoms with Gasteiger partial charge in [0.2, 0.25) is 0 Å².